The highest BCUT2D eigenvalue weighted by molar-refractivity contribution is 7.14. The molecule has 0 spiro atoms. The molecule has 2 rings (SSSR count). The third-order valence-electron chi connectivity index (χ3n) is 3.15. The van der Waals surface area contributed by atoms with Crippen LogP contribution in [-0.2, 0) is 16.0 Å². The average molecular weight is 278 g/mol. The Kier molecular flexibility index (Phi) is 3.63. The summed E-state index contributed by atoms with van der Waals surface area (Å²) >= 11 is 1.55. The summed E-state index contributed by atoms with van der Waals surface area (Å²) in [6, 6.07) is 1.90. The zero-order valence-corrected chi connectivity index (χ0v) is 12.5. The molecule has 1 aromatic heterocycles. The van der Waals surface area contributed by atoms with Crippen LogP contribution < -0.4 is 0 Å². The second-order valence-electron chi connectivity index (χ2n) is 5.73. The molecule has 1 aromatic rings. The second-order valence-corrected chi connectivity index (χ2v) is 6.87. The number of ketones is 1. The number of rotatable bonds is 2. The summed E-state index contributed by atoms with van der Waals surface area (Å²) in [6.07, 6.45) is 3.34. The minimum Gasteiger partial charge on any atom is -0.466 e. The third-order valence-corrected chi connectivity index (χ3v) is 4.35. The Balaban J connectivity index is 2.34. The van der Waals surface area contributed by atoms with Gasteiger partial charge < -0.3 is 4.74 Å². The first kappa shape index (κ1) is 14.0. The number of aryl methyl sites for hydroxylation is 1. The van der Waals surface area contributed by atoms with E-state index < -0.39 is 0 Å². The van der Waals surface area contributed by atoms with Gasteiger partial charge in [0.15, 0.2) is 5.78 Å². The number of Topliss-reactive ketones (excluding diaryl/α,β-unsaturated/α-hetero) is 1. The maximum absolute atomic E-state index is 12.3. The number of carbonyl (C=O) groups excluding carboxylic acids is 2. The highest BCUT2D eigenvalue weighted by Gasteiger charge is 2.27. The maximum Gasteiger partial charge on any atom is 0.333 e. The van der Waals surface area contributed by atoms with E-state index in [0.717, 1.165) is 16.9 Å². The summed E-state index contributed by atoms with van der Waals surface area (Å²) in [5.41, 5.74) is 1.30. The van der Waals surface area contributed by atoms with Gasteiger partial charge in [0.1, 0.15) is 0 Å². The molecule has 1 aliphatic rings. The summed E-state index contributed by atoms with van der Waals surface area (Å²) in [5, 5.41) is 0. The number of methoxy groups -OCH3 is 1. The normalized spacial score (nSPS) is 14.6. The molecule has 1 aliphatic carbocycles. The molecule has 0 aromatic carbocycles. The van der Waals surface area contributed by atoms with Gasteiger partial charge in [-0.05, 0) is 30.5 Å². The lowest BCUT2D eigenvalue weighted by atomic mass is 9.89. The molecule has 0 unspecified atom stereocenters. The van der Waals surface area contributed by atoms with Crippen LogP contribution in [0, 0.1) is 5.41 Å². The molecule has 0 saturated heterocycles. The van der Waals surface area contributed by atoms with Gasteiger partial charge in [-0.25, -0.2) is 4.79 Å². The Bertz CT molecular complexity index is 558. The molecule has 1 heterocycles. The lowest BCUT2D eigenvalue weighted by molar-refractivity contribution is -0.136. The van der Waals surface area contributed by atoms with Gasteiger partial charge >= 0.3 is 5.97 Å². The third kappa shape index (κ3) is 2.78. The van der Waals surface area contributed by atoms with Gasteiger partial charge in [-0.3, -0.25) is 4.79 Å². The number of esters is 1. The number of hydrogen-bond donors (Lipinski definition) is 0. The van der Waals surface area contributed by atoms with Crippen molar-refractivity contribution in [3.63, 3.8) is 0 Å². The molecule has 0 fully saturated rings. The molecule has 0 atom stereocenters. The first-order valence-electron chi connectivity index (χ1n) is 6.29. The zero-order valence-electron chi connectivity index (χ0n) is 11.7. The maximum atomic E-state index is 12.3. The van der Waals surface area contributed by atoms with Gasteiger partial charge in [-0.2, -0.15) is 0 Å². The van der Waals surface area contributed by atoms with Crippen LogP contribution in [0.1, 0.15) is 47.3 Å². The van der Waals surface area contributed by atoms with Gasteiger partial charge in [0.25, 0.3) is 0 Å². The van der Waals surface area contributed by atoms with E-state index in [4.69, 9.17) is 4.74 Å². The van der Waals surface area contributed by atoms with Crippen molar-refractivity contribution in [3.8, 4) is 0 Å². The first-order chi connectivity index (χ1) is 8.82. The molecule has 4 heteroatoms. The Labute approximate surface area is 117 Å². The Hall–Kier alpha value is -1.42. The van der Waals surface area contributed by atoms with Crippen LogP contribution in [0.3, 0.4) is 0 Å². The molecule has 0 amide bonds. The first-order valence-corrected chi connectivity index (χ1v) is 7.11. The summed E-state index contributed by atoms with van der Waals surface area (Å²) in [5.74, 6) is -0.125. The molecule has 102 valence electrons. The van der Waals surface area contributed by atoms with E-state index >= 15 is 0 Å². The average Bonchev–Trinajstić information content (AvgIpc) is 2.78. The molecule has 0 saturated carbocycles. The molecule has 3 nitrogen and oxygen atoms in total. The van der Waals surface area contributed by atoms with Crippen molar-refractivity contribution in [1.29, 1.82) is 0 Å². The Morgan fingerprint density at radius 1 is 1.26 bits per heavy atom. The standard InChI is InChI=1S/C15H18O3S/c1-15(2,3)13(16)12-8-10-7-9(14(17)18-4)5-6-11(10)19-12/h7-8H,5-6H2,1-4H3. The quantitative estimate of drug-likeness (QED) is 0.614. The van der Waals surface area contributed by atoms with E-state index in [1.165, 1.54) is 12.0 Å². The van der Waals surface area contributed by atoms with E-state index in [9.17, 15) is 9.59 Å². The summed E-state index contributed by atoms with van der Waals surface area (Å²) in [4.78, 5) is 25.7. The summed E-state index contributed by atoms with van der Waals surface area (Å²) in [6.45, 7) is 5.76. The monoisotopic (exact) mass is 278 g/mol. The van der Waals surface area contributed by atoms with Crippen LogP contribution in [0.25, 0.3) is 6.08 Å². The lowest BCUT2D eigenvalue weighted by Crippen LogP contribution is -2.18. The van der Waals surface area contributed by atoms with Crippen LogP contribution in [0.2, 0.25) is 0 Å². The SMILES string of the molecule is COC(=O)C1=Cc2cc(C(=O)C(C)(C)C)sc2CC1. The van der Waals surface area contributed by atoms with Crippen LogP contribution in [0.4, 0.5) is 0 Å². The van der Waals surface area contributed by atoms with E-state index in [1.807, 2.05) is 32.9 Å². The lowest BCUT2D eigenvalue weighted by Gasteiger charge is -2.14. The molecule has 0 N–H and O–H groups in total. The van der Waals surface area contributed by atoms with Gasteiger partial charge in [-0.1, -0.05) is 20.8 Å². The highest BCUT2D eigenvalue weighted by Crippen LogP contribution is 2.34. The van der Waals surface area contributed by atoms with E-state index in [0.29, 0.717) is 12.0 Å². The van der Waals surface area contributed by atoms with Crippen LogP contribution >= 0.6 is 11.3 Å². The van der Waals surface area contributed by atoms with E-state index in [2.05, 4.69) is 0 Å². The fourth-order valence-corrected chi connectivity index (χ4v) is 3.33. The van der Waals surface area contributed by atoms with Crippen molar-refractivity contribution in [1.82, 2.24) is 0 Å². The van der Waals surface area contributed by atoms with Gasteiger partial charge in [0.05, 0.1) is 12.0 Å². The van der Waals surface area contributed by atoms with Crippen molar-refractivity contribution >= 4 is 29.2 Å². The predicted octanol–water partition coefficient (Wildman–Crippen LogP) is 3.48. The van der Waals surface area contributed by atoms with E-state index in [-0.39, 0.29) is 17.2 Å². The number of hydrogen-bond acceptors (Lipinski definition) is 4. The van der Waals surface area contributed by atoms with E-state index in [1.54, 1.807) is 11.3 Å². The highest BCUT2D eigenvalue weighted by atomic mass is 32.1. The zero-order chi connectivity index (χ0) is 14.2. The van der Waals surface area contributed by atoms with Crippen LogP contribution in [0.15, 0.2) is 11.6 Å². The topological polar surface area (TPSA) is 43.4 Å². The smallest absolute Gasteiger partial charge is 0.333 e. The fourth-order valence-electron chi connectivity index (χ4n) is 2.04. The van der Waals surface area contributed by atoms with Gasteiger partial charge in [0, 0.05) is 15.9 Å². The molecule has 0 radical (unpaired) electrons. The molecule has 19 heavy (non-hydrogen) atoms. The number of carbonyl (C=O) groups is 2. The largest absolute Gasteiger partial charge is 0.466 e. The molecular formula is C15H18O3S. The number of fused-ring (bicyclic) bond motifs is 1. The fraction of sp³-hybridized carbons (Fsp3) is 0.467. The van der Waals surface area contributed by atoms with Crippen molar-refractivity contribution in [3.05, 3.63) is 27.0 Å². The van der Waals surface area contributed by atoms with Crippen molar-refractivity contribution < 1.29 is 14.3 Å². The van der Waals surface area contributed by atoms with Gasteiger partial charge in [-0.15, -0.1) is 11.3 Å². The predicted molar refractivity (Wildman–Crippen MR) is 76.4 cm³/mol. The second kappa shape index (κ2) is 4.93. The van der Waals surface area contributed by atoms with Crippen molar-refractivity contribution in [2.24, 2.45) is 5.41 Å². The van der Waals surface area contributed by atoms with Crippen LogP contribution in [-0.4, -0.2) is 18.9 Å². The van der Waals surface area contributed by atoms with Crippen molar-refractivity contribution in [2.45, 2.75) is 33.6 Å². The summed E-state index contributed by atoms with van der Waals surface area (Å²) in [7, 11) is 1.39. The molecule has 0 aliphatic heterocycles. The minimum absolute atomic E-state index is 0.153. The Morgan fingerprint density at radius 2 is 1.95 bits per heavy atom. The van der Waals surface area contributed by atoms with Crippen molar-refractivity contribution in [2.75, 3.05) is 7.11 Å². The molecular weight excluding hydrogens is 260 g/mol. The number of ether oxygens (including phenoxy) is 1. The molecule has 0 bridgehead atoms. The van der Waals surface area contributed by atoms with Crippen LogP contribution in [0.5, 0.6) is 0 Å². The minimum atomic E-state index is -0.373. The number of thiophene rings is 1. The van der Waals surface area contributed by atoms with Gasteiger partial charge in [0.2, 0.25) is 0 Å². The Morgan fingerprint density at radius 3 is 2.53 bits per heavy atom. The summed E-state index contributed by atoms with van der Waals surface area (Å²) < 4.78 is 4.74.